The van der Waals surface area contributed by atoms with Crippen molar-refractivity contribution in [2.24, 2.45) is 0 Å². The second kappa shape index (κ2) is 3.73. The molecule has 0 aromatic carbocycles. The Balaban J connectivity index is 2.23. The molecule has 2 heterocycles. The van der Waals surface area contributed by atoms with E-state index in [1.165, 1.54) is 0 Å². The van der Waals surface area contributed by atoms with Crippen molar-refractivity contribution in [3.05, 3.63) is 29.6 Å². The maximum absolute atomic E-state index is 11.3. The molecule has 6 heteroatoms. The number of aryl methyl sites for hydroxylation is 1. The van der Waals surface area contributed by atoms with Crippen LogP contribution in [0.15, 0.2) is 18.5 Å². The minimum Gasteiger partial charge on any atom is -0.269 e. The molecule has 0 saturated carbocycles. The molecule has 0 spiro atoms. The molecule has 1 aromatic rings. The van der Waals surface area contributed by atoms with E-state index in [0.717, 1.165) is 16.0 Å². The van der Waals surface area contributed by atoms with Crippen molar-refractivity contribution in [1.29, 1.82) is 0 Å². The molecule has 1 aliphatic rings. The van der Waals surface area contributed by atoms with Gasteiger partial charge in [0.05, 0.1) is 6.54 Å². The molecule has 1 aliphatic heterocycles. The minimum atomic E-state index is -0.878. The quantitative estimate of drug-likeness (QED) is 0.559. The third-order valence-electron chi connectivity index (χ3n) is 2.37. The van der Waals surface area contributed by atoms with E-state index in [9.17, 15) is 14.4 Å². The van der Waals surface area contributed by atoms with Crippen LogP contribution >= 0.6 is 0 Å². The Morgan fingerprint density at radius 1 is 1.38 bits per heavy atom. The first-order valence-corrected chi connectivity index (χ1v) is 4.66. The van der Waals surface area contributed by atoms with Gasteiger partial charge in [0, 0.05) is 12.4 Å². The molecule has 1 N–H and O–H groups in total. The van der Waals surface area contributed by atoms with Crippen LogP contribution in [0.4, 0.5) is 4.79 Å². The van der Waals surface area contributed by atoms with Gasteiger partial charge < -0.3 is 0 Å². The highest BCUT2D eigenvalue weighted by Crippen LogP contribution is 2.11. The molecule has 0 aliphatic carbocycles. The molecular formula is C10H9N3O3. The van der Waals surface area contributed by atoms with Crippen LogP contribution in [0.5, 0.6) is 0 Å². The van der Waals surface area contributed by atoms with Gasteiger partial charge in [-0.2, -0.15) is 0 Å². The summed E-state index contributed by atoms with van der Waals surface area (Å²) in [5.74, 6) is -1.70. The molecule has 1 saturated heterocycles. The van der Waals surface area contributed by atoms with Crippen LogP contribution in [-0.2, 0) is 16.1 Å². The first-order chi connectivity index (χ1) is 7.59. The Bertz CT molecular complexity index is 484. The number of hydrogen-bond acceptors (Lipinski definition) is 4. The summed E-state index contributed by atoms with van der Waals surface area (Å²) in [4.78, 5) is 38.3. The molecule has 82 valence electrons. The number of urea groups is 1. The van der Waals surface area contributed by atoms with E-state index in [4.69, 9.17) is 0 Å². The van der Waals surface area contributed by atoms with E-state index in [2.05, 4.69) is 4.98 Å². The number of rotatable bonds is 2. The van der Waals surface area contributed by atoms with Gasteiger partial charge in [0.1, 0.15) is 0 Å². The van der Waals surface area contributed by atoms with Crippen LogP contribution in [0.3, 0.4) is 0 Å². The monoisotopic (exact) mass is 219 g/mol. The molecule has 0 bridgehead atoms. The highest BCUT2D eigenvalue weighted by atomic mass is 16.2. The average molecular weight is 219 g/mol. The van der Waals surface area contributed by atoms with E-state index < -0.39 is 17.8 Å². The SMILES string of the molecule is Cc1cnccc1CN1C(=O)NC(=O)C1=O. The molecule has 1 aromatic heterocycles. The molecule has 6 nitrogen and oxygen atoms in total. The summed E-state index contributed by atoms with van der Waals surface area (Å²) in [5, 5.41) is 1.94. The van der Waals surface area contributed by atoms with E-state index in [-0.39, 0.29) is 6.54 Å². The molecule has 0 radical (unpaired) electrons. The van der Waals surface area contributed by atoms with E-state index in [0.29, 0.717) is 0 Å². The fourth-order valence-electron chi connectivity index (χ4n) is 1.43. The Labute approximate surface area is 91.3 Å². The topological polar surface area (TPSA) is 79.4 Å². The molecule has 16 heavy (non-hydrogen) atoms. The van der Waals surface area contributed by atoms with Gasteiger partial charge >= 0.3 is 17.8 Å². The molecule has 0 unspecified atom stereocenters. The zero-order valence-corrected chi connectivity index (χ0v) is 8.56. The van der Waals surface area contributed by atoms with Gasteiger partial charge in [-0.05, 0) is 24.1 Å². The van der Waals surface area contributed by atoms with Crippen molar-refractivity contribution in [2.75, 3.05) is 0 Å². The Morgan fingerprint density at radius 3 is 2.69 bits per heavy atom. The van der Waals surface area contributed by atoms with Crippen molar-refractivity contribution >= 4 is 17.8 Å². The number of carbonyl (C=O) groups excluding carboxylic acids is 3. The lowest BCUT2D eigenvalue weighted by Gasteiger charge is -2.12. The number of nitrogens with zero attached hydrogens (tertiary/aromatic N) is 2. The number of nitrogens with one attached hydrogen (secondary N) is 1. The van der Waals surface area contributed by atoms with E-state index >= 15 is 0 Å². The van der Waals surface area contributed by atoms with Gasteiger partial charge in [-0.3, -0.25) is 24.8 Å². The highest BCUT2D eigenvalue weighted by Gasteiger charge is 2.36. The third kappa shape index (κ3) is 1.65. The highest BCUT2D eigenvalue weighted by molar-refractivity contribution is 6.44. The molecular weight excluding hydrogens is 210 g/mol. The summed E-state index contributed by atoms with van der Waals surface area (Å²) >= 11 is 0. The second-order valence-corrected chi connectivity index (χ2v) is 3.45. The predicted octanol–water partition coefficient (Wildman–Crippen LogP) is -0.0316. The van der Waals surface area contributed by atoms with Crippen molar-refractivity contribution in [3.63, 3.8) is 0 Å². The van der Waals surface area contributed by atoms with Gasteiger partial charge in [0.15, 0.2) is 0 Å². The van der Waals surface area contributed by atoms with Crippen molar-refractivity contribution in [1.82, 2.24) is 15.2 Å². The summed E-state index contributed by atoms with van der Waals surface area (Å²) in [7, 11) is 0. The maximum atomic E-state index is 11.3. The summed E-state index contributed by atoms with van der Waals surface area (Å²) in [6.07, 6.45) is 3.21. The largest absolute Gasteiger partial charge is 0.331 e. The minimum absolute atomic E-state index is 0.0881. The number of amides is 4. The number of hydrogen-bond donors (Lipinski definition) is 1. The number of pyridine rings is 1. The van der Waals surface area contributed by atoms with Crippen molar-refractivity contribution in [2.45, 2.75) is 13.5 Å². The van der Waals surface area contributed by atoms with Crippen LogP contribution in [0.2, 0.25) is 0 Å². The lowest BCUT2D eigenvalue weighted by molar-refractivity contribution is -0.140. The van der Waals surface area contributed by atoms with E-state index in [1.54, 1.807) is 18.5 Å². The van der Waals surface area contributed by atoms with Crippen LogP contribution < -0.4 is 5.32 Å². The number of aromatic nitrogens is 1. The van der Waals surface area contributed by atoms with Crippen molar-refractivity contribution in [3.8, 4) is 0 Å². The first-order valence-electron chi connectivity index (χ1n) is 4.66. The van der Waals surface area contributed by atoms with Gasteiger partial charge in [0.25, 0.3) is 0 Å². The molecule has 1 fully saturated rings. The summed E-state index contributed by atoms with van der Waals surface area (Å²) in [6, 6.07) is 1.03. The summed E-state index contributed by atoms with van der Waals surface area (Å²) in [5.41, 5.74) is 1.65. The second-order valence-electron chi connectivity index (χ2n) is 3.45. The maximum Gasteiger partial charge on any atom is 0.331 e. The third-order valence-corrected chi connectivity index (χ3v) is 2.37. The Hall–Kier alpha value is -2.24. The lowest BCUT2D eigenvalue weighted by Crippen LogP contribution is -2.30. The number of imide groups is 2. The fraction of sp³-hybridized carbons (Fsp3) is 0.200. The van der Waals surface area contributed by atoms with Crippen molar-refractivity contribution < 1.29 is 14.4 Å². The standard InChI is InChI=1S/C10H9N3O3/c1-6-4-11-3-2-7(6)5-13-9(15)8(14)12-10(13)16/h2-4H,5H2,1H3,(H,12,14,16). The normalized spacial score (nSPS) is 15.6. The summed E-state index contributed by atoms with van der Waals surface area (Å²) < 4.78 is 0. The molecule has 0 atom stereocenters. The Kier molecular flexibility index (Phi) is 2.40. The molecule has 4 amide bonds. The van der Waals surface area contributed by atoms with Crippen LogP contribution in [0.25, 0.3) is 0 Å². The zero-order chi connectivity index (χ0) is 11.7. The van der Waals surface area contributed by atoms with Gasteiger partial charge in [-0.25, -0.2) is 4.79 Å². The van der Waals surface area contributed by atoms with Crippen LogP contribution in [0, 0.1) is 6.92 Å². The zero-order valence-electron chi connectivity index (χ0n) is 8.56. The fourth-order valence-corrected chi connectivity index (χ4v) is 1.43. The average Bonchev–Trinajstić information content (AvgIpc) is 2.48. The van der Waals surface area contributed by atoms with Gasteiger partial charge in [-0.1, -0.05) is 0 Å². The van der Waals surface area contributed by atoms with Gasteiger partial charge in [-0.15, -0.1) is 0 Å². The first kappa shape index (κ1) is 10.3. The van der Waals surface area contributed by atoms with Crippen LogP contribution in [0.1, 0.15) is 11.1 Å². The molecule has 2 rings (SSSR count). The number of carbonyl (C=O) groups is 3. The van der Waals surface area contributed by atoms with Gasteiger partial charge in [0.2, 0.25) is 0 Å². The van der Waals surface area contributed by atoms with E-state index in [1.807, 2.05) is 12.2 Å². The smallest absolute Gasteiger partial charge is 0.269 e. The Morgan fingerprint density at radius 2 is 2.12 bits per heavy atom. The summed E-state index contributed by atoms with van der Waals surface area (Å²) in [6.45, 7) is 1.91. The predicted molar refractivity (Wildman–Crippen MR) is 53.1 cm³/mol. The lowest BCUT2D eigenvalue weighted by atomic mass is 10.1. The van der Waals surface area contributed by atoms with Crippen LogP contribution in [-0.4, -0.2) is 27.7 Å².